The molecule has 1 atom stereocenters. The van der Waals surface area contributed by atoms with Gasteiger partial charge in [0.15, 0.2) is 0 Å². The predicted molar refractivity (Wildman–Crippen MR) is 114 cm³/mol. The minimum atomic E-state index is -0.360. The Labute approximate surface area is 180 Å². The largest absolute Gasteiger partial charge is 0.348 e. The lowest BCUT2D eigenvalue weighted by Crippen LogP contribution is -2.56. The maximum absolute atomic E-state index is 13.0. The molecular formula is C23H27FN4O3. The number of rotatable bonds is 5. The quantitative estimate of drug-likeness (QED) is 0.789. The summed E-state index contributed by atoms with van der Waals surface area (Å²) < 4.78 is 14.3. The molecule has 1 aromatic heterocycles. The second-order valence-electron chi connectivity index (χ2n) is 8.22. The van der Waals surface area contributed by atoms with Crippen LogP contribution in [0.1, 0.15) is 35.2 Å². The molecule has 2 aromatic rings. The van der Waals surface area contributed by atoms with Crippen LogP contribution in [0.25, 0.3) is 0 Å². The number of amides is 2. The minimum absolute atomic E-state index is 0.0787. The van der Waals surface area contributed by atoms with Gasteiger partial charge in [0.25, 0.3) is 11.5 Å². The fourth-order valence-corrected chi connectivity index (χ4v) is 4.30. The second-order valence-corrected chi connectivity index (χ2v) is 8.22. The van der Waals surface area contributed by atoms with E-state index in [1.165, 1.54) is 47.9 Å². The van der Waals surface area contributed by atoms with E-state index in [4.69, 9.17) is 0 Å². The lowest BCUT2D eigenvalue weighted by Gasteiger charge is -2.44. The number of hydrogen-bond donors (Lipinski definition) is 1. The Balaban J connectivity index is 1.38. The van der Waals surface area contributed by atoms with E-state index < -0.39 is 0 Å². The van der Waals surface area contributed by atoms with Crippen molar-refractivity contribution in [3.8, 4) is 0 Å². The average Bonchev–Trinajstić information content (AvgIpc) is 2.79. The van der Waals surface area contributed by atoms with Crippen LogP contribution in [0.3, 0.4) is 0 Å². The first-order valence-electron chi connectivity index (χ1n) is 10.7. The number of benzene rings is 1. The number of aromatic nitrogens is 1. The molecule has 2 amide bonds. The van der Waals surface area contributed by atoms with Crippen molar-refractivity contribution in [2.75, 3.05) is 26.2 Å². The first-order chi connectivity index (χ1) is 15.0. The second kappa shape index (κ2) is 9.43. The normalized spacial score (nSPS) is 19.0. The molecule has 4 rings (SSSR count). The summed E-state index contributed by atoms with van der Waals surface area (Å²) in [5.41, 5.74) is 0.742. The van der Waals surface area contributed by atoms with E-state index in [0.29, 0.717) is 24.7 Å². The molecule has 164 valence electrons. The standard InChI is InChI=1S/C23H27FN4O3/c24-19-7-4-17(5-8-19)13-25-23(31)18-6-9-21(29)28(14-18)16-22(30)27-12-11-26-10-2-1-3-20(26)15-27/h4-9,14,20H,1-3,10-13,15-16H2,(H,25,31). The number of piperazine rings is 1. The number of fused-ring (bicyclic) bond motifs is 1. The Morgan fingerprint density at radius 2 is 1.84 bits per heavy atom. The third kappa shape index (κ3) is 5.19. The molecule has 1 N–H and O–H groups in total. The summed E-state index contributed by atoms with van der Waals surface area (Å²) in [4.78, 5) is 41.9. The van der Waals surface area contributed by atoms with Crippen LogP contribution in [0.15, 0.2) is 47.4 Å². The first kappa shape index (κ1) is 21.2. The van der Waals surface area contributed by atoms with Gasteiger partial charge in [0, 0.05) is 44.5 Å². The van der Waals surface area contributed by atoms with Gasteiger partial charge in [-0.2, -0.15) is 0 Å². The molecule has 0 aliphatic carbocycles. The van der Waals surface area contributed by atoms with E-state index in [1.54, 1.807) is 12.1 Å². The highest BCUT2D eigenvalue weighted by Crippen LogP contribution is 2.21. The Morgan fingerprint density at radius 1 is 1.03 bits per heavy atom. The van der Waals surface area contributed by atoms with Crippen LogP contribution >= 0.6 is 0 Å². The van der Waals surface area contributed by atoms with E-state index in [-0.39, 0.29) is 36.3 Å². The number of hydrogen-bond acceptors (Lipinski definition) is 4. The van der Waals surface area contributed by atoms with Gasteiger partial charge in [-0.1, -0.05) is 18.6 Å². The lowest BCUT2D eigenvalue weighted by molar-refractivity contribution is -0.135. The summed E-state index contributed by atoms with van der Waals surface area (Å²) in [6.07, 6.45) is 4.94. The zero-order valence-corrected chi connectivity index (χ0v) is 17.4. The van der Waals surface area contributed by atoms with Gasteiger partial charge in [-0.3, -0.25) is 19.3 Å². The maximum atomic E-state index is 13.0. The monoisotopic (exact) mass is 426 g/mol. The first-order valence-corrected chi connectivity index (χ1v) is 10.7. The minimum Gasteiger partial charge on any atom is -0.348 e. The molecule has 2 aliphatic heterocycles. The van der Waals surface area contributed by atoms with Gasteiger partial charge >= 0.3 is 0 Å². The van der Waals surface area contributed by atoms with Crippen LogP contribution in [0.2, 0.25) is 0 Å². The van der Waals surface area contributed by atoms with E-state index >= 15 is 0 Å². The molecule has 2 aliphatic rings. The molecule has 0 bridgehead atoms. The van der Waals surface area contributed by atoms with Gasteiger partial charge in [0.2, 0.25) is 5.91 Å². The molecule has 0 spiro atoms. The molecule has 8 heteroatoms. The highest BCUT2D eigenvalue weighted by Gasteiger charge is 2.31. The van der Waals surface area contributed by atoms with Gasteiger partial charge in [-0.25, -0.2) is 4.39 Å². The fourth-order valence-electron chi connectivity index (χ4n) is 4.30. The van der Waals surface area contributed by atoms with E-state index in [1.807, 2.05) is 4.90 Å². The van der Waals surface area contributed by atoms with Crippen LogP contribution < -0.4 is 10.9 Å². The zero-order chi connectivity index (χ0) is 21.8. The third-order valence-corrected chi connectivity index (χ3v) is 6.11. The Morgan fingerprint density at radius 3 is 2.65 bits per heavy atom. The van der Waals surface area contributed by atoms with Crippen molar-refractivity contribution in [1.29, 1.82) is 0 Å². The number of nitrogens with one attached hydrogen (secondary N) is 1. The van der Waals surface area contributed by atoms with Crippen molar-refractivity contribution < 1.29 is 14.0 Å². The summed E-state index contributed by atoms with van der Waals surface area (Å²) >= 11 is 0. The van der Waals surface area contributed by atoms with Crippen molar-refractivity contribution in [3.63, 3.8) is 0 Å². The van der Waals surface area contributed by atoms with E-state index in [2.05, 4.69) is 10.2 Å². The van der Waals surface area contributed by atoms with Crippen molar-refractivity contribution in [2.45, 2.75) is 38.4 Å². The number of carbonyl (C=O) groups is 2. The van der Waals surface area contributed by atoms with Crippen molar-refractivity contribution in [1.82, 2.24) is 19.7 Å². The van der Waals surface area contributed by atoms with Gasteiger partial charge < -0.3 is 14.8 Å². The Kier molecular flexibility index (Phi) is 6.46. The Bertz CT molecular complexity index is 1000. The van der Waals surface area contributed by atoms with E-state index in [9.17, 15) is 18.8 Å². The van der Waals surface area contributed by atoms with Crippen LogP contribution in [0, 0.1) is 5.82 Å². The smallest absolute Gasteiger partial charge is 0.253 e. The highest BCUT2D eigenvalue weighted by atomic mass is 19.1. The number of pyridine rings is 1. The van der Waals surface area contributed by atoms with Crippen molar-refractivity contribution in [2.24, 2.45) is 0 Å². The topological polar surface area (TPSA) is 74.6 Å². The van der Waals surface area contributed by atoms with Crippen LogP contribution in [-0.4, -0.2) is 58.4 Å². The molecule has 31 heavy (non-hydrogen) atoms. The molecule has 0 radical (unpaired) electrons. The number of piperidine rings is 1. The van der Waals surface area contributed by atoms with E-state index in [0.717, 1.165) is 25.1 Å². The average molecular weight is 426 g/mol. The molecule has 3 heterocycles. The zero-order valence-electron chi connectivity index (χ0n) is 17.4. The summed E-state index contributed by atoms with van der Waals surface area (Å²) in [7, 11) is 0. The summed E-state index contributed by atoms with van der Waals surface area (Å²) in [6, 6.07) is 9.03. The molecular weight excluding hydrogens is 399 g/mol. The van der Waals surface area contributed by atoms with Crippen molar-refractivity contribution >= 4 is 11.8 Å². The number of nitrogens with zero attached hydrogens (tertiary/aromatic N) is 3. The molecule has 2 saturated heterocycles. The van der Waals surface area contributed by atoms with Gasteiger partial charge in [0.05, 0.1) is 5.56 Å². The molecule has 2 fully saturated rings. The molecule has 1 aromatic carbocycles. The molecule has 0 saturated carbocycles. The Hall–Kier alpha value is -3.00. The molecule has 7 nitrogen and oxygen atoms in total. The highest BCUT2D eigenvalue weighted by molar-refractivity contribution is 5.93. The van der Waals surface area contributed by atoms with Crippen LogP contribution in [-0.2, 0) is 17.9 Å². The van der Waals surface area contributed by atoms with Gasteiger partial charge in [-0.05, 0) is 43.1 Å². The lowest BCUT2D eigenvalue weighted by atomic mass is 9.99. The van der Waals surface area contributed by atoms with Crippen LogP contribution in [0.5, 0.6) is 0 Å². The summed E-state index contributed by atoms with van der Waals surface area (Å²) in [5.74, 6) is -0.797. The number of carbonyl (C=O) groups excluding carboxylic acids is 2. The maximum Gasteiger partial charge on any atom is 0.253 e. The SMILES string of the molecule is O=C(NCc1ccc(F)cc1)c1ccc(=O)n(CC(=O)N2CCN3CCCCC3C2)c1. The number of halogens is 1. The van der Waals surface area contributed by atoms with Crippen molar-refractivity contribution in [3.05, 3.63) is 69.9 Å². The summed E-state index contributed by atoms with van der Waals surface area (Å²) in [6.45, 7) is 3.50. The fraction of sp³-hybridized carbons (Fsp3) is 0.435. The molecule has 1 unspecified atom stereocenters. The third-order valence-electron chi connectivity index (χ3n) is 6.11. The summed E-state index contributed by atoms with van der Waals surface area (Å²) in [5, 5.41) is 2.75. The van der Waals surface area contributed by atoms with Gasteiger partial charge in [-0.15, -0.1) is 0 Å². The predicted octanol–water partition coefficient (Wildman–Crippen LogP) is 1.61. The van der Waals surface area contributed by atoms with Gasteiger partial charge in [0.1, 0.15) is 12.4 Å². The van der Waals surface area contributed by atoms with Crippen LogP contribution in [0.4, 0.5) is 4.39 Å².